The molecule has 2 rings (SSSR count). The fraction of sp³-hybridized carbons (Fsp3) is 0.231. The Labute approximate surface area is 130 Å². The van der Waals surface area contributed by atoms with Crippen LogP contribution < -0.4 is 11.1 Å². The van der Waals surface area contributed by atoms with Gasteiger partial charge in [0.15, 0.2) is 10.1 Å². The van der Waals surface area contributed by atoms with E-state index in [9.17, 15) is 9.59 Å². The second-order valence-corrected chi connectivity index (χ2v) is 6.89. The molecule has 8 heteroatoms. The summed E-state index contributed by atoms with van der Waals surface area (Å²) in [5, 5.41) is 10.4. The number of nitrogen functional groups attached to an aromatic ring is 1. The van der Waals surface area contributed by atoms with Gasteiger partial charge in [0.1, 0.15) is 0 Å². The number of nitrogens with zero attached hydrogens (tertiary/aromatic N) is 2. The summed E-state index contributed by atoms with van der Waals surface area (Å²) < 4.78 is 0.670. The third kappa shape index (κ3) is 4.27. The van der Waals surface area contributed by atoms with Gasteiger partial charge in [-0.15, -0.1) is 10.2 Å². The number of anilines is 2. The number of aromatic nitrogens is 2. The minimum Gasteiger partial charge on any atom is -0.374 e. The minimum atomic E-state index is -0.288. The molecule has 6 nitrogen and oxygen atoms in total. The molecule has 0 aliphatic heterocycles. The monoisotopic (exact) mass is 322 g/mol. The maximum absolute atomic E-state index is 12.3. The number of Topliss-reactive ketones (excluding diaryl/α,β-unsaturated/α-hetero) is 1. The Balaban J connectivity index is 2.03. The summed E-state index contributed by atoms with van der Waals surface area (Å²) in [5.41, 5.74) is 6.76. The van der Waals surface area contributed by atoms with Crippen molar-refractivity contribution < 1.29 is 9.59 Å². The highest BCUT2D eigenvalue weighted by Crippen LogP contribution is 2.29. The van der Waals surface area contributed by atoms with Gasteiger partial charge in [-0.3, -0.25) is 9.59 Å². The van der Waals surface area contributed by atoms with Crippen LogP contribution in [0, 0.1) is 0 Å². The van der Waals surface area contributed by atoms with Gasteiger partial charge < -0.3 is 11.1 Å². The van der Waals surface area contributed by atoms with Gasteiger partial charge in [-0.1, -0.05) is 23.1 Å². The molecule has 1 amide bonds. The first kappa shape index (κ1) is 15.5. The molecular weight excluding hydrogens is 308 g/mol. The first-order valence-electron chi connectivity index (χ1n) is 6.13. The van der Waals surface area contributed by atoms with Crippen molar-refractivity contribution in [1.29, 1.82) is 0 Å². The standard InChI is InChI=1S/C13H14N4O2S2/c1-7(20-13-17-16-12(14)21-13)11(19)9-3-5-10(6-4-9)15-8(2)18/h3-7H,1-2H3,(H2,14,16)(H,15,18). The van der Waals surface area contributed by atoms with E-state index in [1.54, 1.807) is 24.3 Å². The number of rotatable bonds is 5. The van der Waals surface area contributed by atoms with Gasteiger partial charge >= 0.3 is 0 Å². The van der Waals surface area contributed by atoms with E-state index in [4.69, 9.17) is 5.73 Å². The van der Waals surface area contributed by atoms with Gasteiger partial charge in [-0.05, 0) is 31.2 Å². The molecule has 0 saturated carbocycles. The van der Waals surface area contributed by atoms with Crippen molar-refractivity contribution >= 4 is 45.6 Å². The first-order chi connectivity index (χ1) is 9.95. The highest BCUT2D eigenvalue weighted by molar-refractivity contribution is 8.02. The fourth-order valence-electron chi connectivity index (χ4n) is 1.63. The molecule has 1 atom stereocenters. The van der Waals surface area contributed by atoms with E-state index in [0.717, 1.165) is 0 Å². The highest BCUT2D eigenvalue weighted by Gasteiger charge is 2.18. The molecule has 1 unspecified atom stereocenters. The molecule has 2 aromatic rings. The van der Waals surface area contributed by atoms with E-state index >= 15 is 0 Å². The predicted molar refractivity (Wildman–Crippen MR) is 84.7 cm³/mol. The predicted octanol–water partition coefficient (Wildman–Crippen LogP) is 2.44. The lowest BCUT2D eigenvalue weighted by molar-refractivity contribution is -0.114. The number of carbonyl (C=O) groups excluding carboxylic acids is 2. The summed E-state index contributed by atoms with van der Waals surface area (Å²) in [6.07, 6.45) is 0. The summed E-state index contributed by atoms with van der Waals surface area (Å²) in [6.45, 7) is 3.25. The Morgan fingerprint density at radius 1 is 1.29 bits per heavy atom. The molecule has 0 spiro atoms. The second-order valence-electron chi connectivity index (χ2n) is 4.29. The lowest BCUT2D eigenvalue weighted by atomic mass is 10.1. The average Bonchev–Trinajstić information content (AvgIpc) is 2.83. The van der Waals surface area contributed by atoms with Crippen LogP contribution in [0.25, 0.3) is 0 Å². The molecule has 0 fully saturated rings. The van der Waals surface area contributed by atoms with E-state index in [-0.39, 0.29) is 16.9 Å². The third-order valence-electron chi connectivity index (χ3n) is 2.56. The highest BCUT2D eigenvalue weighted by atomic mass is 32.2. The smallest absolute Gasteiger partial charge is 0.221 e. The Morgan fingerprint density at radius 2 is 1.95 bits per heavy atom. The van der Waals surface area contributed by atoms with E-state index in [1.807, 2.05) is 6.92 Å². The molecule has 0 bridgehead atoms. The van der Waals surface area contributed by atoms with E-state index in [0.29, 0.717) is 20.7 Å². The van der Waals surface area contributed by atoms with Crippen LogP contribution >= 0.6 is 23.1 Å². The van der Waals surface area contributed by atoms with E-state index in [2.05, 4.69) is 15.5 Å². The number of hydrogen-bond donors (Lipinski definition) is 2. The molecule has 0 saturated heterocycles. The van der Waals surface area contributed by atoms with Gasteiger partial charge in [-0.25, -0.2) is 0 Å². The van der Waals surface area contributed by atoms with E-state index in [1.165, 1.54) is 30.0 Å². The maximum Gasteiger partial charge on any atom is 0.221 e. The van der Waals surface area contributed by atoms with Gasteiger partial charge in [0.25, 0.3) is 0 Å². The van der Waals surface area contributed by atoms with Gasteiger partial charge in [0.05, 0.1) is 5.25 Å². The molecule has 0 aliphatic rings. The second kappa shape index (κ2) is 6.68. The van der Waals surface area contributed by atoms with Crippen molar-refractivity contribution in [3.8, 4) is 0 Å². The number of ketones is 1. The summed E-state index contributed by atoms with van der Waals surface area (Å²) in [4.78, 5) is 23.2. The van der Waals surface area contributed by atoms with Gasteiger partial charge in [0, 0.05) is 18.2 Å². The molecular formula is C13H14N4O2S2. The number of nitrogens with one attached hydrogen (secondary N) is 1. The molecule has 21 heavy (non-hydrogen) atoms. The van der Waals surface area contributed by atoms with Crippen LogP contribution in [0.5, 0.6) is 0 Å². The van der Waals surface area contributed by atoms with Crippen LogP contribution in [0.15, 0.2) is 28.6 Å². The fourth-order valence-corrected chi connectivity index (χ4v) is 3.49. The normalized spacial score (nSPS) is 11.9. The zero-order chi connectivity index (χ0) is 15.4. The summed E-state index contributed by atoms with van der Waals surface area (Å²) in [7, 11) is 0. The lowest BCUT2D eigenvalue weighted by Gasteiger charge is -2.09. The van der Waals surface area contributed by atoms with Crippen LogP contribution in [0.1, 0.15) is 24.2 Å². The van der Waals surface area contributed by atoms with Crippen molar-refractivity contribution in [3.63, 3.8) is 0 Å². The lowest BCUT2D eigenvalue weighted by Crippen LogP contribution is -2.13. The summed E-state index contributed by atoms with van der Waals surface area (Å²) in [5.74, 6) is -0.157. The van der Waals surface area contributed by atoms with Crippen molar-refractivity contribution in [1.82, 2.24) is 10.2 Å². The summed E-state index contributed by atoms with van der Waals surface area (Å²) in [6, 6.07) is 6.79. The van der Waals surface area contributed by atoms with E-state index < -0.39 is 0 Å². The Kier molecular flexibility index (Phi) is 4.92. The van der Waals surface area contributed by atoms with Crippen LogP contribution in [0.3, 0.4) is 0 Å². The largest absolute Gasteiger partial charge is 0.374 e. The zero-order valence-electron chi connectivity index (χ0n) is 11.5. The Morgan fingerprint density at radius 3 is 2.48 bits per heavy atom. The third-order valence-corrected chi connectivity index (χ3v) is 4.50. The molecule has 1 aromatic heterocycles. The van der Waals surface area contributed by atoms with Crippen molar-refractivity contribution in [2.24, 2.45) is 0 Å². The van der Waals surface area contributed by atoms with Gasteiger partial charge in [0.2, 0.25) is 11.0 Å². The number of amides is 1. The Bertz CT molecular complexity index is 654. The number of thioether (sulfide) groups is 1. The molecule has 1 heterocycles. The molecule has 0 aliphatic carbocycles. The number of carbonyl (C=O) groups is 2. The molecule has 0 radical (unpaired) electrons. The summed E-state index contributed by atoms with van der Waals surface area (Å²) >= 11 is 2.58. The zero-order valence-corrected chi connectivity index (χ0v) is 13.1. The first-order valence-corrected chi connectivity index (χ1v) is 7.83. The topological polar surface area (TPSA) is 98.0 Å². The molecule has 1 aromatic carbocycles. The number of nitrogens with two attached hydrogens (primary N) is 1. The van der Waals surface area contributed by atoms with Crippen LogP contribution in [0.2, 0.25) is 0 Å². The van der Waals surface area contributed by atoms with Crippen LogP contribution in [0.4, 0.5) is 10.8 Å². The van der Waals surface area contributed by atoms with Crippen LogP contribution in [-0.2, 0) is 4.79 Å². The number of benzene rings is 1. The van der Waals surface area contributed by atoms with Gasteiger partial charge in [-0.2, -0.15) is 0 Å². The number of hydrogen-bond acceptors (Lipinski definition) is 7. The maximum atomic E-state index is 12.3. The molecule has 110 valence electrons. The minimum absolute atomic E-state index is 0.0110. The van der Waals surface area contributed by atoms with Crippen molar-refractivity contribution in [3.05, 3.63) is 29.8 Å². The van der Waals surface area contributed by atoms with Crippen molar-refractivity contribution in [2.75, 3.05) is 11.1 Å². The quantitative estimate of drug-likeness (QED) is 0.648. The van der Waals surface area contributed by atoms with Crippen LogP contribution in [-0.4, -0.2) is 27.1 Å². The Hall–Kier alpha value is -1.93. The van der Waals surface area contributed by atoms with Crippen molar-refractivity contribution in [2.45, 2.75) is 23.4 Å². The molecule has 3 N–H and O–H groups in total. The average molecular weight is 322 g/mol. The SMILES string of the molecule is CC(=O)Nc1ccc(C(=O)C(C)Sc2nnc(N)s2)cc1.